The first-order valence-corrected chi connectivity index (χ1v) is 13.6. The molecule has 3 aromatic rings. The number of hydrogen-bond acceptors (Lipinski definition) is 5. The number of benzene rings is 1. The summed E-state index contributed by atoms with van der Waals surface area (Å²) in [5.41, 5.74) is 2.29. The van der Waals surface area contributed by atoms with Gasteiger partial charge < -0.3 is 19.1 Å². The lowest BCUT2D eigenvalue weighted by Crippen LogP contribution is -2.42. The van der Waals surface area contributed by atoms with Gasteiger partial charge in [0.2, 0.25) is 5.91 Å². The van der Waals surface area contributed by atoms with Crippen LogP contribution in [0.15, 0.2) is 36.9 Å². The molecule has 192 valence electrons. The highest BCUT2D eigenvalue weighted by molar-refractivity contribution is 5.88. The van der Waals surface area contributed by atoms with Crippen LogP contribution >= 0.6 is 0 Å². The van der Waals surface area contributed by atoms with Crippen LogP contribution in [-0.4, -0.2) is 74.9 Å². The third kappa shape index (κ3) is 4.63. The van der Waals surface area contributed by atoms with E-state index in [1.807, 2.05) is 36.5 Å². The Hall–Kier alpha value is -2.87. The molecule has 1 saturated carbocycles. The van der Waals surface area contributed by atoms with Crippen LogP contribution in [-0.2, 0) is 18.4 Å². The minimum Gasteiger partial charge on any atom is -0.494 e. The molecule has 0 N–H and O–H groups in total. The fraction of sp³-hybridized carbons (Fsp3) is 0.607. The molecule has 1 amide bonds. The zero-order valence-corrected chi connectivity index (χ0v) is 21.6. The first kappa shape index (κ1) is 23.5. The molecule has 1 aromatic carbocycles. The van der Waals surface area contributed by atoms with E-state index in [9.17, 15) is 4.79 Å². The maximum Gasteiger partial charge on any atom is 0.226 e. The lowest BCUT2D eigenvalue weighted by Gasteiger charge is -2.34. The van der Waals surface area contributed by atoms with E-state index in [1.54, 1.807) is 7.11 Å². The average molecular weight is 491 g/mol. The van der Waals surface area contributed by atoms with Crippen molar-refractivity contribution in [1.82, 2.24) is 29.1 Å². The van der Waals surface area contributed by atoms with E-state index in [0.29, 0.717) is 23.7 Å². The molecule has 6 rings (SSSR count). The van der Waals surface area contributed by atoms with Crippen LogP contribution in [0.4, 0.5) is 0 Å². The number of rotatable bonds is 7. The summed E-state index contributed by atoms with van der Waals surface area (Å²) in [6.07, 6.45) is 11.4. The van der Waals surface area contributed by atoms with Gasteiger partial charge in [-0.2, -0.15) is 5.10 Å². The second-order valence-corrected chi connectivity index (χ2v) is 11.1. The number of aryl methyl sites for hydroxylation is 1. The van der Waals surface area contributed by atoms with Gasteiger partial charge in [-0.1, -0.05) is 12.1 Å². The summed E-state index contributed by atoms with van der Waals surface area (Å²) in [7, 11) is 3.73. The SMILES string of the molecule is COc1cccc2c(C3CCN(C[C@@H]4C[C@H]4C(=O)N4CCC[C@@H](Cn5ccnc5)C4)CC3)nn(C)c12. The van der Waals surface area contributed by atoms with Crippen molar-refractivity contribution in [2.75, 3.05) is 39.8 Å². The predicted molar refractivity (Wildman–Crippen MR) is 139 cm³/mol. The van der Waals surface area contributed by atoms with Crippen LogP contribution in [0.3, 0.4) is 0 Å². The maximum atomic E-state index is 13.2. The summed E-state index contributed by atoms with van der Waals surface area (Å²) in [6.45, 7) is 6.02. The Morgan fingerprint density at radius 1 is 1.14 bits per heavy atom. The quantitative estimate of drug-likeness (QED) is 0.507. The second kappa shape index (κ2) is 9.88. The molecule has 2 aliphatic heterocycles. The first-order valence-electron chi connectivity index (χ1n) is 13.6. The van der Waals surface area contributed by atoms with E-state index in [1.165, 1.54) is 17.5 Å². The monoisotopic (exact) mass is 490 g/mol. The molecule has 2 saturated heterocycles. The van der Waals surface area contributed by atoms with Gasteiger partial charge in [-0.25, -0.2) is 4.98 Å². The van der Waals surface area contributed by atoms with E-state index in [-0.39, 0.29) is 5.92 Å². The number of imidazole rings is 1. The number of hydrogen-bond donors (Lipinski definition) is 0. The molecular formula is C28H38N6O2. The summed E-state index contributed by atoms with van der Waals surface area (Å²) < 4.78 is 9.69. The molecule has 8 heteroatoms. The van der Waals surface area contributed by atoms with Crippen LogP contribution in [0.1, 0.15) is 43.7 Å². The van der Waals surface area contributed by atoms with Gasteiger partial charge in [-0.15, -0.1) is 0 Å². The minimum absolute atomic E-state index is 0.238. The van der Waals surface area contributed by atoms with Gasteiger partial charge >= 0.3 is 0 Å². The normalized spacial score (nSPS) is 25.4. The zero-order chi connectivity index (χ0) is 24.6. The number of likely N-dealkylation sites (tertiary alicyclic amines) is 2. The fourth-order valence-electron chi connectivity index (χ4n) is 6.61. The van der Waals surface area contributed by atoms with Crippen molar-refractivity contribution in [3.8, 4) is 5.75 Å². The number of para-hydroxylation sites is 1. The Morgan fingerprint density at radius 2 is 2.00 bits per heavy atom. The molecule has 36 heavy (non-hydrogen) atoms. The van der Waals surface area contributed by atoms with Crippen LogP contribution in [0.2, 0.25) is 0 Å². The molecule has 3 fully saturated rings. The zero-order valence-electron chi connectivity index (χ0n) is 21.6. The smallest absolute Gasteiger partial charge is 0.226 e. The van der Waals surface area contributed by atoms with Crippen molar-refractivity contribution in [2.45, 2.75) is 44.6 Å². The summed E-state index contributed by atoms with van der Waals surface area (Å²) in [5, 5.41) is 6.12. The van der Waals surface area contributed by atoms with Gasteiger partial charge in [0.1, 0.15) is 11.3 Å². The third-order valence-corrected chi connectivity index (χ3v) is 8.64. The standard InChI is InChI=1S/C28H38N6O2/c1-31-27-23(6-3-7-25(27)36-2)26(30-31)21-8-12-32(13-9-21)18-22-15-24(22)28(35)34-11-4-5-20(17-34)16-33-14-10-29-19-33/h3,6-7,10,14,19-22,24H,4-5,8-9,11-13,15-18H2,1-2H3/t20-,22-,24+/m0/s1. The Morgan fingerprint density at radius 3 is 2.78 bits per heavy atom. The first-order chi connectivity index (χ1) is 17.6. The van der Waals surface area contributed by atoms with Gasteiger partial charge in [-0.05, 0) is 63.1 Å². The molecule has 0 spiro atoms. The van der Waals surface area contributed by atoms with Crippen molar-refractivity contribution in [1.29, 1.82) is 0 Å². The molecule has 3 aliphatic rings. The van der Waals surface area contributed by atoms with Gasteiger partial charge in [0.05, 0.1) is 19.1 Å². The summed E-state index contributed by atoms with van der Waals surface area (Å²) in [5.74, 6) is 3.08. The lowest BCUT2D eigenvalue weighted by atomic mass is 9.91. The highest BCUT2D eigenvalue weighted by Crippen LogP contribution is 2.42. The molecule has 0 radical (unpaired) electrons. The number of carbonyl (C=O) groups excluding carboxylic acids is 1. The number of aromatic nitrogens is 4. The van der Waals surface area contributed by atoms with E-state index in [0.717, 1.165) is 76.2 Å². The summed E-state index contributed by atoms with van der Waals surface area (Å²) >= 11 is 0. The summed E-state index contributed by atoms with van der Waals surface area (Å²) in [4.78, 5) is 22.1. The Kier molecular flexibility index (Phi) is 6.46. The van der Waals surface area contributed by atoms with Gasteiger partial charge in [0.15, 0.2) is 0 Å². The van der Waals surface area contributed by atoms with Crippen molar-refractivity contribution >= 4 is 16.8 Å². The average Bonchev–Trinajstić information content (AvgIpc) is 3.30. The Bertz CT molecular complexity index is 1200. The predicted octanol–water partition coefficient (Wildman–Crippen LogP) is 3.53. The molecule has 1 aliphatic carbocycles. The molecule has 3 atom stereocenters. The number of fused-ring (bicyclic) bond motifs is 1. The number of ether oxygens (including phenoxy) is 1. The van der Waals surface area contributed by atoms with E-state index < -0.39 is 0 Å². The van der Waals surface area contributed by atoms with E-state index in [2.05, 4.69) is 31.5 Å². The van der Waals surface area contributed by atoms with Crippen molar-refractivity contribution in [2.24, 2.45) is 24.8 Å². The minimum atomic E-state index is 0.238. The van der Waals surface area contributed by atoms with Gasteiger partial charge in [0, 0.05) is 62.8 Å². The van der Waals surface area contributed by atoms with E-state index >= 15 is 0 Å². The molecule has 0 bridgehead atoms. The third-order valence-electron chi connectivity index (χ3n) is 8.64. The van der Waals surface area contributed by atoms with Gasteiger partial charge in [-0.3, -0.25) is 9.48 Å². The Balaban J connectivity index is 1.00. The van der Waals surface area contributed by atoms with Crippen molar-refractivity contribution in [3.63, 3.8) is 0 Å². The van der Waals surface area contributed by atoms with Crippen molar-refractivity contribution < 1.29 is 9.53 Å². The fourth-order valence-corrected chi connectivity index (χ4v) is 6.61. The lowest BCUT2D eigenvalue weighted by molar-refractivity contribution is -0.134. The number of methoxy groups -OCH3 is 1. The molecular weight excluding hydrogens is 452 g/mol. The van der Waals surface area contributed by atoms with Crippen LogP contribution < -0.4 is 4.74 Å². The number of carbonyl (C=O) groups is 1. The maximum absolute atomic E-state index is 13.2. The van der Waals surface area contributed by atoms with Crippen LogP contribution in [0, 0.1) is 17.8 Å². The molecule has 8 nitrogen and oxygen atoms in total. The molecule has 2 aromatic heterocycles. The summed E-state index contributed by atoms with van der Waals surface area (Å²) in [6, 6.07) is 6.25. The van der Waals surface area contributed by atoms with Crippen molar-refractivity contribution in [3.05, 3.63) is 42.6 Å². The highest BCUT2D eigenvalue weighted by Gasteiger charge is 2.46. The van der Waals surface area contributed by atoms with Crippen LogP contribution in [0.25, 0.3) is 10.9 Å². The topological polar surface area (TPSA) is 68.4 Å². The highest BCUT2D eigenvalue weighted by atomic mass is 16.5. The second-order valence-electron chi connectivity index (χ2n) is 11.1. The Labute approximate surface area is 213 Å². The molecule has 4 heterocycles. The largest absolute Gasteiger partial charge is 0.494 e. The number of piperidine rings is 2. The number of nitrogens with zero attached hydrogens (tertiary/aromatic N) is 6. The molecule has 0 unspecified atom stereocenters. The van der Waals surface area contributed by atoms with Crippen LogP contribution in [0.5, 0.6) is 5.75 Å². The van der Waals surface area contributed by atoms with Gasteiger partial charge in [0.25, 0.3) is 0 Å². The van der Waals surface area contributed by atoms with E-state index in [4.69, 9.17) is 9.84 Å². The number of amides is 1.